The molecular weight excluding hydrogens is 264 g/mol. The number of hydrogen-bond donors (Lipinski definition) is 1. The number of carbonyl (C=O) groups excluding carboxylic acids is 1. The van der Waals surface area contributed by atoms with Crippen LogP contribution in [0, 0.1) is 20.8 Å². The Bertz CT molecular complexity index is 445. The molecule has 0 saturated carbocycles. The summed E-state index contributed by atoms with van der Waals surface area (Å²) >= 11 is 0. The third-order valence-corrected chi connectivity index (χ3v) is 3.60. The van der Waals surface area contributed by atoms with E-state index in [-0.39, 0.29) is 12.5 Å². The van der Waals surface area contributed by atoms with Gasteiger partial charge in [-0.1, -0.05) is 31.5 Å². The monoisotopic (exact) mass is 292 g/mol. The molecule has 4 nitrogen and oxygen atoms in total. The molecule has 1 rings (SSSR count). The molecule has 0 fully saturated rings. The molecule has 0 unspecified atom stereocenters. The average Bonchev–Trinajstić information content (AvgIpc) is 2.42. The minimum Gasteiger partial charge on any atom is -0.483 e. The molecule has 0 aliphatic rings. The van der Waals surface area contributed by atoms with Crippen molar-refractivity contribution in [1.82, 2.24) is 10.2 Å². The Hall–Kier alpha value is -1.55. The summed E-state index contributed by atoms with van der Waals surface area (Å²) in [6.45, 7) is 13.9. The highest BCUT2D eigenvalue weighted by molar-refractivity contribution is 5.77. The fourth-order valence-electron chi connectivity index (χ4n) is 2.48. The lowest BCUT2D eigenvalue weighted by atomic mass is 10.1. The van der Waals surface area contributed by atoms with Crippen molar-refractivity contribution in [3.8, 4) is 5.75 Å². The van der Waals surface area contributed by atoms with Gasteiger partial charge in [0.05, 0.1) is 0 Å². The molecule has 0 aliphatic carbocycles. The molecule has 0 spiro atoms. The van der Waals surface area contributed by atoms with E-state index >= 15 is 0 Å². The third-order valence-electron chi connectivity index (χ3n) is 3.60. The van der Waals surface area contributed by atoms with Crippen LogP contribution < -0.4 is 10.1 Å². The van der Waals surface area contributed by atoms with Crippen molar-refractivity contribution in [3.63, 3.8) is 0 Å². The summed E-state index contributed by atoms with van der Waals surface area (Å²) in [5.74, 6) is 0.751. The number of aryl methyl sites for hydroxylation is 3. The summed E-state index contributed by atoms with van der Waals surface area (Å²) < 4.78 is 5.67. The number of carbonyl (C=O) groups is 1. The summed E-state index contributed by atoms with van der Waals surface area (Å²) in [6, 6.07) is 4.14. The zero-order valence-corrected chi connectivity index (χ0v) is 14.0. The maximum Gasteiger partial charge on any atom is 0.257 e. The van der Waals surface area contributed by atoms with Crippen LogP contribution in [0.2, 0.25) is 0 Å². The Morgan fingerprint density at radius 3 is 2.24 bits per heavy atom. The van der Waals surface area contributed by atoms with E-state index in [1.807, 2.05) is 13.8 Å². The van der Waals surface area contributed by atoms with E-state index < -0.39 is 0 Å². The SMILES string of the molecule is CCN(CC)CCNC(=O)COc1c(C)cc(C)cc1C. The second-order valence-corrected chi connectivity index (χ2v) is 5.39. The number of ether oxygens (including phenoxy) is 1. The van der Waals surface area contributed by atoms with Gasteiger partial charge in [-0.3, -0.25) is 4.79 Å². The van der Waals surface area contributed by atoms with E-state index in [9.17, 15) is 4.79 Å². The Morgan fingerprint density at radius 2 is 1.71 bits per heavy atom. The van der Waals surface area contributed by atoms with Crippen LogP contribution in [0.4, 0.5) is 0 Å². The average molecular weight is 292 g/mol. The number of rotatable bonds is 8. The van der Waals surface area contributed by atoms with E-state index in [1.54, 1.807) is 0 Å². The highest BCUT2D eigenvalue weighted by Gasteiger charge is 2.08. The minimum absolute atomic E-state index is 0.0680. The second-order valence-electron chi connectivity index (χ2n) is 5.39. The van der Waals surface area contributed by atoms with Crippen molar-refractivity contribution in [3.05, 3.63) is 28.8 Å². The molecule has 0 bridgehead atoms. The Labute approximate surface area is 128 Å². The predicted octanol–water partition coefficient (Wildman–Crippen LogP) is 2.45. The van der Waals surface area contributed by atoms with Crippen molar-refractivity contribution in [2.24, 2.45) is 0 Å². The molecule has 0 heterocycles. The molecule has 1 amide bonds. The van der Waals surface area contributed by atoms with Gasteiger partial charge in [-0.15, -0.1) is 0 Å². The molecular formula is C17H28N2O2. The number of nitrogens with zero attached hydrogens (tertiary/aromatic N) is 1. The normalized spacial score (nSPS) is 10.8. The van der Waals surface area contributed by atoms with Crippen LogP contribution in [0.3, 0.4) is 0 Å². The topological polar surface area (TPSA) is 41.6 Å². The summed E-state index contributed by atoms with van der Waals surface area (Å²) in [5.41, 5.74) is 3.35. The molecule has 0 atom stereocenters. The number of benzene rings is 1. The van der Waals surface area contributed by atoms with Crippen molar-refractivity contribution in [1.29, 1.82) is 0 Å². The quantitative estimate of drug-likeness (QED) is 0.800. The van der Waals surface area contributed by atoms with Gasteiger partial charge >= 0.3 is 0 Å². The zero-order chi connectivity index (χ0) is 15.8. The summed E-state index contributed by atoms with van der Waals surface area (Å²) in [4.78, 5) is 14.1. The van der Waals surface area contributed by atoms with E-state index in [4.69, 9.17) is 4.74 Å². The Kier molecular flexibility index (Phi) is 7.23. The molecule has 1 aromatic carbocycles. The van der Waals surface area contributed by atoms with E-state index in [2.05, 4.69) is 43.1 Å². The smallest absolute Gasteiger partial charge is 0.257 e. The van der Waals surface area contributed by atoms with Crippen molar-refractivity contribution in [2.75, 3.05) is 32.8 Å². The van der Waals surface area contributed by atoms with Crippen LogP contribution in [0.15, 0.2) is 12.1 Å². The third kappa shape index (κ3) is 5.76. The number of amides is 1. The number of hydrogen-bond acceptors (Lipinski definition) is 3. The molecule has 0 aromatic heterocycles. The van der Waals surface area contributed by atoms with Gasteiger partial charge in [0, 0.05) is 13.1 Å². The lowest BCUT2D eigenvalue weighted by molar-refractivity contribution is -0.123. The molecule has 1 aromatic rings. The first-order chi connectivity index (χ1) is 9.97. The van der Waals surface area contributed by atoms with Crippen LogP contribution in [0.1, 0.15) is 30.5 Å². The molecule has 0 radical (unpaired) electrons. The van der Waals surface area contributed by atoms with Crippen LogP contribution in [-0.4, -0.2) is 43.6 Å². The summed E-state index contributed by atoms with van der Waals surface area (Å²) in [7, 11) is 0. The Balaban J connectivity index is 2.40. The van der Waals surface area contributed by atoms with Gasteiger partial charge in [-0.05, 0) is 45.0 Å². The van der Waals surface area contributed by atoms with Gasteiger partial charge in [0.2, 0.25) is 0 Å². The van der Waals surface area contributed by atoms with Gasteiger partial charge in [0.1, 0.15) is 5.75 Å². The van der Waals surface area contributed by atoms with Gasteiger partial charge in [0.15, 0.2) is 6.61 Å². The summed E-state index contributed by atoms with van der Waals surface area (Å²) in [5, 5.41) is 2.90. The molecule has 4 heteroatoms. The van der Waals surface area contributed by atoms with Crippen LogP contribution >= 0.6 is 0 Å². The molecule has 118 valence electrons. The first kappa shape index (κ1) is 17.5. The first-order valence-electron chi connectivity index (χ1n) is 7.67. The fraction of sp³-hybridized carbons (Fsp3) is 0.588. The first-order valence-corrected chi connectivity index (χ1v) is 7.67. The largest absolute Gasteiger partial charge is 0.483 e. The lowest BCUT2D eigenvalue weighted by Gasteiger charge is -2.18. The fourth-order valence-corrected chi connectivity index (χ4v) is 2.48. The van der Waals surface area contributed by atoms with Crippen LogP contribution in [-0.2, 0) is 4.79 Å². The van der Waals surface area contributed by atoms with Crippen molar-refractivity contribution < 1.29 is 9.53 Å². The van der Waals surface area contributed by atoms with E-state index in [1.165, 1.54) is 5.56 Å². The molecule has 21 heavy (non-hydrogen) atoms. The lowest BCUT2D eigenvalue weighted by Crippen LogP contribution is -2.36. The summed E-state index contributed by atoms with van der Waals surface area (Å²) in [6.07, 6.45) is 0. The zero-order valence-electron chi connectivity index (χ0n) is 14.0. The molecule has 1 N–H and O–H groups in total. The van der Waals surface area contributed by atoms with Crippen molar-refractivity contribution in [2.45, 2.75) is 34.6 Å². The van der Waals surface area contributed by atoms with Crippen LogP contribution in [0.25, 0.3) is 0 Å². The minimum atomic E-state index is -0.0680. The highest BCUT2D eigenvalue weighted by Crippen LogP contribution is 2.24. The Morgan fingerprint density at radius 1 is 1.14 bits per heavy atom. The number of nitrogens with one attached hydrogen (secondary N) is 1. The maximum atomic E-state index is 11.8. The van der Waals surface area contributed by atoms with Crippen LogP contribution in [0.5, 0.6) is 5.75 Å². The highest BCUT2D eigenvalue weighted by atomic mass is 16.5. The molecule has 0 aliphatic heterocycles. The predicted molar refractivity (Wildman–Crippen MR) is 86.9 cm³/mol. The van der Waals surface area contributed by atoms with E-state index in [0.717, 1.165) is 36.5 Å². The molecule has 0 saturated heterocycles. The van der Waals surface area contributed by atoms with Gasteiger partial charge in [0.25, 0.3) is 5.91 Å². The maximum absolute atomic E-state index is 11.8. The standard InChI is InChI=1S/C17H28N2O2/c1-6-19(7-2)9-8-18-16(20)12-21-17-14(4)10-13(3)11-15(17)5/h10-11H,6-9,12H2,1-5H3,(H,18,20). The number of likely N-dealkylation sites (N-methyl/N-ethyl adjacent to an activating group) is 1. The van der Waals surface area contributed by atoms with Gasteiger partial charge in [-0.25, -0.2) is 0 Å². The van der Waals surface area contributed by atoms with Gasteiger partial charge < -0.3 is 15.0 Å². The van der Waals surface area contributed by atoms with Crippen molar-refractivity contribution >= 4 is 5.91 Å². The van der Waals surface area contributed by atoms with E-state index in [0.29, 0.717) is 6.54 Å². The second kappa shape index (κ2) is 8.67. The van der Waals surface area contributed by atoms with Gasteiger partial charge in [-0.2, -0.15) is 0 Å².